The highest BCUT2D eigenvalue weighted by Gasteiger charge is 2.38. The summed E-state index contributed by atoms with van der Waals surface area (Å²) in [6.45, 7) is 3.50. The molecule has 1 unspecified atom stereocenters. The Hall–Kier alpha value is -1.62. The number of rotatable bonds is 3. The number of methoxy groups -OCH3 is 1. The molecule has 1 aliphatic carbocycles. The number of allylic oxidation sites excluding steroid dienone is 2. The van der Waals surface area contributed by atoms with Gasteiger partial charge in [0.25, 0.3) is 0 Å². The van der Waals surface area contributed by atoms with E-state index >= 15 is 0 Å². The number of ether oxygens (including phenoxy) is 1. The first-order valence-corrected chi connectivity index (χ1v) is 6.35. The van der Waals surface area contributed by atoms with Gasteiger partial charge in [-0.3, -0.25) is 9.98 Å². The van der Waals surface area contributed by atoms with Crippen LogP contribution in [0.4, 0.5) is 0 Å². The van der Waals surface area contributed by atoms with Gasteiger partial charge in [-0.15, -0.1) is 0 Å². The molecular weight excluding hydrogens is 228 g/mol. The van der Waals surface area contributed by atoms with Crippen molar-refractivity contribution >= 4 is 11.7 Å². The second-order valence-electron chi connectivity index (χ2n) is 4.64. The summed E-state index contributed by atoms with van der Waals surface area (Å²) >= 11 is 0. The highest BCUT2D eigenvalue weighted by molar-refractivity contribution is 6.02. The van der Waals surface area contributed by atoms with Gasteiger partial charge < -0.3 is 15.4 Å². The Morgan fingerprint density at radius 3 is 2.72 bits per heavy atom. The molecule has 0 aromatic carbocycles. The molecule has 2 heterocycles. The largest absolute Gasteiger partial charge is 0.369 e. The number of nitrogens with one attached hydrogen (secondary N) is 2. The SMILES string of the molecule is COC1(C2=NCCN2)C=CC=C(C2=NCCN2)C1. The molecule has 0 radical (unpaired) electrons. The number of nitrogens with zero attached hydrogens (tertiary/aromatic N) is 2. The minimum atomic E-state index is -0.451. The summed E-state index contributed by atoms with van der Waals surface area (Å²) in [5, 5.41) is 6.63. The van der Waals surface area contributed by atoms with E-state index in [1.807, 2.05) is 6.08 Å². The molecule has 2 N–H and O–H groups in total. The van der Waals surface area contributed by atoms with E-state index in [1.165, 1.54) is 5.57 Å². The zero-order valence-electron chi connectivity index (χ0n) is 10.6. The summed E-state index contributed by atoms with van der Waals surface area (Å²) in [4.78, 5) is 8.98. The minimum absolute atomic E-state index is 0.451. The third-order valence-electron chi connectivity index (χ3n) is 3.53. The highest BCUT2D eigenvalue weighted by Crippen LogP contribution is 2.29. The quantitative estimate of drug-likeness (QED) is 0.751. The summed E-state index contributed by atoms with van der Waals surface area (Å²) in [5.74, 6) is 1.94. The summed E-state index contributed by atoms with van der Waals surface area (Å²) in [7, 11) is 1.74. The molecule has 0 amide bonds. The fourth-order valence-corrected chi connectivity index (χ4v) is 2.58. The molecule has 0 spiro atoms. The van der Waals surface area contributed by atoms with Crippen LogP contribution in [0.5, 0.6) is 0 Å². The van der Waals surface area contributed by atoms with E-state index in [1.54, 1.807) is 7.11 Å². The van der Waals surface area contributed by atoms with Crippen molar-refractivity contribution in [3.05, 3.63) is 23.8 Å². The van der Waals surface area contributed by atoms with Crippen molar-refractivity contribution in [3.8, 4) is 0 Å². The predicted octanol–water partition coefficient (Wildman–Crippen LogP) is 0.261. The second kappa shape index (κ2) is 4.57. The second-order valence-corrected chi connectivity index (χ2v) is 4.64. The first-order chi connectivity index (χ1) is 8.84. The van der Waals surface area contributed by atoms with Crippen molar-refractivity contribution in [1.82, 2.24) is 10.6 Å². The number of hydrogen-bond donors (Lipinski definition) is 2. The maximum atomic E-state index is 5.75. The van der Waals surface area contributed by atoms with Crippen LogP contribution in [0.15, 0.2) is 33.8 Å². The van der Waals surface area contributed by atoms with E-state index in [4.69, 9.17) is 4.74 Å². The van der Waals surface area contributed by atoms with Gasteiger partial charge in [0.2, 0.25) is 0 Å². The lowest BCUT2D eigenvalue weighted by molar-refractivity contribution is 0.0891. The van der Waals surface area contributed by atoms with Crippen molar-refractivity contribution in [2.75, 3.05) is 33.3 Å². The van der Waals surface area contributed by atoms with Crippen molar-refractivity contribution in [3.63, 3.8) is 0 Å². The standard InChI is InChI=1S/C13H18N4O/c1-18-13(12-16-7-8-17-12)4-2-3-10(9-13)11-14-5-6-15-11/h2-4H,5-9H2,1H3,(H,14,15)(H,16,17). The smallest absolute Gasteiger partial charge is 0.147 e. The molecule has 0 bridgehead atoms. The van der Waals surface area contributed by atoms with E-state index in [0.717, 1.165) is 44.3 Å². The predicted molar refractivity (Wildman–Crippen MR) is 72.2 cm³/mol. The molecule has 3 aliphatic rings. The Kier molecular flexibility index (Phi) is 2.91. The Balaban J connectivity index is 1.86. The molecular formula is C13H18N4O. The molecule has 0 aromatic rings. The van der Waals surface area contributed by atoms with E-state index in [0.29, 0.717) is 0 Å². The van der Waals surface area contributed by atoms with Gasteiger partial charge in [-0.05, 0) is 11.6 Å². The van der Waals surface area contributed by atoms with Crippen LogP contribution in [0.1, 0.15) is 6.42 Å². The monoisotopic (exact) mass is 246 g/mol. The van der Waals surface area contributed by atoms with Gasteiger partial charge in [-0.2, -0.15) is 0 Å². The van der Waals surface area contributed by atoms with Gasteiger partial charge in [0.05, 0.1) is 13.1 Å². The van der Waals surface area contributed by atoms with Gasteiger partial charge in [0, 0.05) is 26.6 Å². The third-order valence-corrected chi connectivity index (χ3v) is 3.53. The summed E-state index contributed by atoms with van der Waals surface area (Å²) < 4.78 is 5.75. The fraction of sp³-hybridized carbons (Fsp3) is 0.538. The molecule has 0 saturated heterocycles. The molecule has 18 heavy (non-hydrogen) atoms. The van der Waals surface area contributed by atoms with Crippen LogP contribution in [-0.2, 0) is 4.74 Å². The van der Waals surface area contributed by atoms with Gasteiger partial charge in [-0.25, -0.2) is 0 Å². The molecule has 3 rings (SSSR count). The summed E-state index contributed by atoms with van der Waals surface area (Å²) in [5.41, 5.74) is 0.737. The van der Waals surface area contributed by atoms with E-state index in [9.17, 15) is 0 Å². The molecule has 0 fully saturated rings. The Morgan fingerprint density at radius 1 is 1.22 bits per heavy atom. The van der Waals surface area contributed by atoms with Crippen LogP contribution in [0.25, 0.3) is 0 Å². The topological polar surface area (TPSA) is 58.0 Å². The third kappa shape index (κ3) is 1.84. The molecule has 5 nitrogen and oxygen atoms in total. The molecule has 0 aromatic heterocycles. The van der Waals surface area contributed by atoms with Crippen molar-refractivity contribution in [2.24, 2.45) is 9.98 Å². The zero-order valence-corrected chi connectivity index (χ0v) is 10.6. The lowest BCUT2D eigenvalue weighted by Crippen LogP contribution is -2.47. The van der Waals surface area contributed by atoms with Crippen LogP contribution >= 0.6 is 0 Å². The molecule has 1 atom stereocenters. The first-order valence-electron chi connectivity index (χ1n) is 6.35. The Labute approximate surface area is 107 Å². The average Bonchev–Trinajstić information content (AvgIpc) is 3.11. The Morgan fingerprint density at radius 2 is 2.06 bits per heavy atom. The number of hydrogen-bond acceptors (Lipinski definition) is 5. The average molecular weight is 246 g/mol. The van der Waals surface area contributed by atoms with Crippen LogP contribution in [0.2, 0.25) is 0 Å². The van der Waals surface area contributed by atoms with Crippen LogP contribution in [-0.4, -0.2) is 50.6 Å². The molecule has 96 valence electrons. The molecule has 0 saturated carbocycles. The normalized spacial score (nSPS) is 30.4. The van der Waals surface area contributed by atoms with Crippen LogP contribution < -0.4 is 10.6 Å². The number of amidine groups is 2. The van der Waals surface area contributed by atoms with Crippen LogP contribution in [0.3, 0.4) is 0 Å². The summed E-state index contributed by atoms with van der Waals surface area (Å²) in [6, 6.07) is 0. The first kappa shape index (κ1) is 11.5. The molecule has 5 heteroatoms. The van der Waals surface area contributed by atoms with Gasteiger partial charge in [0.1, 0.15) is 17.3 Å². The lowest BCUT2D eigenvalue weighted by atomic mass is 9.87. The van der Waals surface area contributed by atoms with E-state index < -0.39 is 5.60 Å². The van der Waals surface area contributed by atoms with Gasteiger partial charge in [-0.1, -0.05) is 12.2 Å². The van der Waals surface area contributed by atoms with Crippen molar-refractivity contribution in [2.45, 2.75) is 12.0 Å². The minimum Gasteiger partial charge on any atom is -0.369 e. The van der Waals surface area contributed by atoms with Crippen molar-refractivity contribution < 1.29 is 4.74 Å². The van der Waals surface area contributed by atoms with Crippen LogP contribution in [0, 0.1) is 0 Å². The Bertz CT molecular complexity index is 464. The zero-order chi connectivity index (χ0) is 12.4. The summed E-state index contributed by atoms with van der Waals surface area (Å²) in [6.07, 6.45) is 6.98. The van der Waals surface area contributed by atoms with Crippen molar-refractivity contribution in [1.29, 1.82) is 0 Å². The molecule has 2 aliphatic heterocycles. The van der Waals surface area contributed by atoms with Gasteiger partial charge >= 0.3 is 0 Å². The lowest BCUT2D eigenvalue weighted by Gasteiger charge is -2.32. The van der Waals surface area contributed by atoms with E-state index in [-0.39, 0.29) is 0 Å². The maximum absolute atomic E-state index is 5.75. The highest BCUT2D eigenvalue weighted by atomic mass is 16.5. The fourth-order valence-electron chi connectivity index (χ4n) is 2.58. The van der Waals surface area contributed by atoms with Gasteiger partial charge in [0.15, 0.2) is 0 Å². The number of aliphatic imine (C=N–C) groups is 2. The maximum Gasteiger partial charge on any atom is 0.147 e. The van der Waals surface area contributed by atoms with E-state index in [2.05, 4.69) is 32.8 Å².